The maximum Gasteiger partial charge on any atom is 0.254 e. The third-order valence-electron chi connectivity index (χ3n) is 3.32. The second-order valence-corrected chi connectivity index (χ2v) is 7.45. The molecular weight excluding hydrogens is 355 g/mol. The van der Waals surface area contributed by atoms with Crippen LogP contribution >= 0.6 is 11.6 Å². The fourth-order valence-corrected chi connectivity index (χ4v) is 2.94. The molecule has 0 fully saturated rings. The van der Waals surface area contributed by atoms with E-state index in [9.17, 15) is 17.6 Å². The van der Waals surface area contributed by atoms with Gasteiger partial charge in [-0.15, -0.1) is 0 Å². The Morgan fingerprint density at radius 1 is 1.12 bits per heavy atom. The molecule has 2 rings (SSSR count). The summed E-state index contributed by atoms with van der Waals surface area (Å²) in [5, 5.41) is 2.87. The molecule has 128 valence electrons. The van der Waals surface area contributed by atoms with Gasteiger partial charge in [0.25, 0.3) is 5.91 Å². The zero-order valence-corrected chi connectivity index (χ0v) is 14.4. The van der Waals surface area contributed by atoms with Crippen molar-refractivity contribution in [1.29, 1.82) is 0 Å². The minimum absolute atomic E-state index is 0.121. The van der Waals surface area contributed by atoms with Gasteiger partial charge in [0.05, 0.1) is 11.3 Å². The van der Waals surface area contributed by atoms with Crippen molar-refractivity contribution < 1.29 is 17.6 Å². The lowest BCUT2D eigenvalue weighted by molar-refractivity contribution is 0.0947. The Morgan fingerprint density at radius 2 is 1.75 bits per heavy atom. The van der Waals surface area contributed by atoms with Crippen molar-refractivity contribution in [3.05, 3.63) is 70.0 Å². The smallest absolute Gasteiger partial charge is 0.254 e. The first kappa shape index (κ1) is 18.4. The molecule has 2 N–H and O–H groups in total. The molecule has 0 bridgehead atoms. The van der Waals surface area contributed by atoms with Crippen LogP contribution in [0.15, 0.2) is 42.5 Å². The monoisotopic (exact) mass is 370 g/mol. The summed E-state index contributed by atoms with van der Waals surface area (Å²) in [6, 6.07) is 10.5. The van der Waals surface area contributed by atoms with E-state index in [1.165, 1.54) is 19.2 Å². The second kappa shape index (κ2) is 7.74. The lowest BCUT2D eigenvalue weighted by Crippen LogP contribution is -2.24. The van der Waals surface area contributed by atoms with Gasteiger partial charge in [-0.3, -0.25) is 4.79 Å². The number of hydrogen-bond donors (Lipinski definition) is 2. The summed E-state index contributed by atoms with van der Waals surface area (Å²) in [5.74, 6) is -1.34. The lowest BCUT2D eigenvalue weighted by Gasteiger charge is -2.08. The van der Waals surface area contributed by atoms with Crippen LogP contribution in [-0.2, 0) is 22.3 Å². The van der Waals surface area contributed by atoms with Crippen LogP contribution in [0.4, 0.5) is 4.39 Å². The molecule has 8 heteroatoms. The maximum absolute atomic E-state index is 13.6. The Balaban J connectivity index is 1.99. The predicted octanol–water partition coefficient (Wildman–Crippen LogP) is 2.46. The molecule has 0 heterocycles. The number of carbonyl (C=O) groups excluding carboxylic acids is 1. The molecule has 0 aliphatic rings. The third kappa shape index (κ3) is 5.02. The van der Waals surface area contributed by atoms with Crippen molar-refractivity contribution in [2.45, 2.75) is 12.3 Å². The first-order valence-corrected chi connectivity index (χ1v) is 9.06. The zero-order valence-electron chi connectivity index (χ0n) is 12.8. The van der Waals surface area contributed by atoms with Crippen molar-refractivity contribution >= 4 is 27.5 Å². The number of nitrogens with one attached hydrogen (secondary N) is 2. The van der Waals surface area contributed by atoms with E-state index >= 15 is 0 Å². The Labute approximate surface area is 144 Å². The molecule has 0 aliphatic heterocycles. The second-order valence-electron chi connectivity index (χ2n) is 5.09. The zero-order chi connectivity index (χ0) is 17.7. The van der Waals surface area contributed by atoms with E-state index in [0.717, 1.165) is 11.6 Å². The average molecular weight is 371 g/mol. The van der Waals surface area contributed by atoms with E-state index in [4.69, 9.17) is 11.6 Å². The topological polar surface area (TPSA) is 75.3 Å². The molecule has 1 amide bonds. The van der Waals surface area contributed by atoms with Crippen LogP contribution in [0.5, 0.6) is 0 Å². The SMILES string of the molecule is CNS(=O)(=O)Cc1ccc(CNC(=O)c2cc(Cl)ccc2F)cc1. The average Bonchev–Trinajstić information content (AvgIpc) is 2.56. The molecule has 0 spiro atoms. The molecule has 0 atom stereocenters. The van der Waals surface area contributed by atoms with E-state index in [2.05, 4.69) is 10.0 Å². The largest absolute Gasteiger partial charge is 0.348 e. The Morgan fingerprint density at radius 3 is 2.38 bits per heavy atom. The highest BCUT2D eigenvalue weighted by molar-refractivity contribution is 7.88. The third-order valence-corrected chi connectivity index (χ3v) is 4.89. The summed E-state index contributed by atoms with van der Waals surface area (Å²) >= 11 is 5.76. The Hall–Kier alpha value is -1.96. The molecule has 0 saturated heterocycles. The van der Waals surface area contributed by atoms with Gasteiger partial charge in [-0.1, -0.05) is 35.9 Å². The molecule has 0 radical (unpaired) electrons. The minimum atomic E-state index is -3.33. The minimum Gasteiger partial charge on any atom is -0.348 e. The standard InChI is InChI=1S/C16H16ClFN2O3S/c1-19-24(22,23)10-12-4-2-11(3-5-12)9-20-16(21)14-8-13(17)6-7-15(14)18/h2-8,19H,9-10H2,1H3,(H,20,21). The van der Waals surface area contributed by atoms with Gasteiger partial charge in [0.15, 0.2) is 0 Å². The Bertz CT molecular complexity index is 839. The molecular formula is C16H16ClFN2O3S. The van der Waals surface area contributed by atoms with Crippen molar-refractivity contribution in [2.75, 3.05) is 7.05 Å². The molecule has 24 heavy (non-hydrogen) atoms. The number of hydrogen-bond acceptors (Lipinski definition) is 3. The number of halogens is 2. The first-order chi connectivity index (χ1) is 11.3. The van der Waals surface area contributed by atoms with Crippen LogP contribution in [0.1, 0.15) is 21.5 Å². The van der Waals surface area contributed by atoms with Gasteiger partial charge >= 0.3 is 0 Å². The van der Waals surface area contributed by atoms with Crippen LogP contribution in [-0.4, -0.2) is 21.4 Å². The fraction of sp³-hybridized carbons (Fsp3) is 0.188. The first-order valence-electron chi connectivity index (χ1n) is 7.03. The molecule has 0 unspecified atom stereocenters. The van der Waals surface area contributed by atoms with E-state index in [0.29, 0.717) is 5.56 Å². The summed E-state index contributed by atoms with van der Waals surface area (Å²) in [7, 11) is -1.97. The van der Waals surface area contributed by atoms with Crippen molar-refractivity contribution in [3.63, 3.8) is 0 Å². The van der Waals surface area contributed by atoms with Crippen LogP contribution in [0, 0.1) is 5.82 Å². The molecule has 0 aliphatic carbocycles. The van der Waals surface area contributed by atoms with Crippen molar-refractivity contribution in [2.24, 2.45) is 0 Å². The molecule has 0 aromatic heterocycles. The van der Waals surface area contributed by atoms with Gasteiger partial charge < -0.3 is 5.32 Å². The van der Waals surface area contributed by atoms with Gasteiger partial charge in [0.1, 0.15) is 5.82 Å². The maximum atomic E-state index is 13.6. The Kier molecular flexibility index (Phi) is 5.93. The van der Waals surface area contributed by atoms with E-state index < -0.39 is 21.7 Å². The van der Waals surface area contributed by atoms with Crippen molar-refractivity contribution in [1.82, 2.24) is 10.0 Å². The number of rotatable bonds is 6. The van der Waals surface area contributed by atoms with Crippen LogP contribution in [0.3, 0.4) is 0 Å². The summed E-state index contributed by atoms with van der Waals surface area (Å²) in [6.07, 6.45) is 0. The molecule has 2 aromatic rings. The lowest BCUT2D eigenvalue weighted by atomic mass is 10.1. The van der Waals surface area contributed by atoms with Crippen LogP contribution in [0.25, 0.3) is 0 Å². The number of amides is 1. The van der Waals surface area contributed by atoms with Gasteiger partial charge in [-0.25, -0.2) is 17.5 Å². The van der Waals surface area contributed by atoms with E-state index in [1.54, 1.807) is 24.3 Å². The summed E-state index contributed by atoms with van der Waals surface area (Å²) in [5.41, 5.74) is 1.26. The van der Waals surface area contributed by atoms with Crippen LogP contribution in [0.2, 0.25) is 5.02 Å². The quantitative estimate of drug-likeness (QED) is 0.820. The number of benzene rings is 2. The van der Waals surface area contributed by atoms with Gasteiger partial charge in [-0.2, -0.15) is 0 Å². The van der Waals surface area contributed by atoms with Crippen molar-refractivity contribution in [3.8, 4) is 0 Å². The normalized spacial score (nSPS) is 11.3. The molecule has 2 aromatic carbocycles. The highest BCUT2D eigenvalue weighted by Gasteiger charge is 2.12. The summed E-state index contributed by atoms with van der Waals surface area (Å²) < 4.78 is 38.8. The fourth-order valence-electron chi connectivity index (χ4n) is 1.99. The summed E-state index contributed by atoms with van der Waals surface area (Å²) in [6.45, 7) is 0.184. The van der Waals surface area contributed by atoms with Gasteiger partial charge in [0, 0.05) is 11.6 Å². The van der Waals surface area contributed by atoms with Crippen LogP contribution < -0.4 is 10.0 Å². The summed E-state index contributed by atoms with van der Waals surface area (Å²) in [4.78, 5) is 12.0. The molecule has 5 nitrogen and oxygen atoms in total. The van der Waals surface area contributed by atoms with Gasteiger partial charge in [-0.05, 0) is 36.4 Å². The highest BCUT2D eigenvalue weighted by Crippen LogP contribution is 2.15. The predicted molar refractivity (Wildman–Crippen MR) is 90.7 cm³/mol. The van der Waals surface area contributed by atoms with E-state index in [-0.39, 0.29) is 22.9 Å². The van der Waals surface area contributed by atoms with Gasteiger partial charge in [0.2, 0.25) is 10.0 Å². The molecule has 0 saturated carbocycles. The number of carbonyl (C=O) groups is 1. The van der Waals surface area contributed by atoms with E-state index in [1.807, 2.05) is 0 Å². The highest BCUT2D eigenvalue weighted by atomic mass is 35.5. The number of sulfonamides is 1.